The van der Waals surface area contributed by atoms with Crippen LogP contribution in [0, 0.1) is 12.7 Å². The number of carbonyl (C=O) groups is 1. The SMILES string of the molecule is Cc1nn(-c2ccccc2)c2c1[C@H](c1cccc(F)c1)SCC(=O)N2. The zero-order valence-electron chi connectivity index (χ0n) is 13.6. The van der Waals surface area contributed by atoms with Gasteiger partial charge in [0.15, 0.2) is 0 Å². The normalized spacial score (nSPS) is 16.9. The van der Waals surface area contributed by atoms with Crippen molar-refractivity contribution in [1.82, 2.24) is 9.78 Å². The molecule has 0 fully saturated rings. The average Bonchev–Trinajstić information content (AvgIpc) is 2.82. The molecule has 3 aromatic rings. The fraction of sp³-hybridized carbons (Fsp3) is 0.158. The Morgan fingerprint density at radius 2 is 2.00 bits per heavy atom. The first-order chi connectivity index (χ1) is 12.1. The van der Waals surface area contributed by atoms with Gasteiger partial charge in [-0.05, 0) is 36.8 Å². The highest BCUT2D eigenvalue weighted by Crippen LogP contribution is 2.43. The van der Waals surface area contributed by atoms with E-state index in [2.05, 4.69) is 10.4 Å². The van der Waals surface area contributed by atoms with Crippen LogP contribution >= 0.6 is 11.8 Å². The van der Waals surface area contributed by atoms with Gasteiger partial charge in [0.1, 0.15) is 11.6 Å². The minimum atomic E-state index is -0.281. The number of nitrogens with zero attached hydrogens (tertiary/aromatic N) is 2. The summed E-state index contributed by atoms with van der Waals surface area (Å²) >= 11 is 1.49. The van der Waals surface area contributed by atoms with E-state index in [0.29, 0.717) is 11.6 Å². The van der Waals surface area contributed by atoms with Gasteiger partial charge >= 0.3 is 0 Å². The van der Waals surface area contributed by atoms with E-state index >= 15 is 0 Å². The molecule has 1 aliphatic heterocycles. The summed E-state index contributed by atoms with van der Waals surface area (Å²) in [6.45, 7) is 1.92. The van der Waals surface area contributed by atoms with E-state index in [1.807, 2.05) is 43.3 Å². The second-order valence-corrected chi connectivity index (χ2v) is 6.98. The maximum Gasteiger partial charge on any atom is 0.235 e. The highest BCUT2D eigenvalue weighted by Gasteiger charge is 2.30. The molecule has 25 heavy (non-hydrogen) atoms. The molecule has 0 bridgehead atoms. The lowest BCUT2D eigenvalue weighted by atomic mass is 10.0. The number of aryl methyl sites for hydroxylation is 1. The predicted octanol–water partition coefficient (Wildman–Crippen LogP) is 4.09. The number of carbonyl (C=O) groups excluding carboxylic acids is 1. The van der Waals surface area contributed by atoms with Crippen molar-refractivity contribution in [3.63, 3.8) is 0 Å². The Labute approximate surface area is 149 Å². The minimum absolute atomic E-state index is 0.0813. The third-order valence-corrected chi connectivity index (χ3v) is 5.43. The van der Waals surface area contributed by atoms with Crippen LogP contribution in [0.2, 0.25) is 0 Å². The second kappa shape index (κ2) is 6.37. The van der Waals surface area contributed by atoms with Crippen molar-refractivity contribution >= 4 is 23.5 Å². The molecule has 2 heterocycles. The molecule has 2 aromatic carbocycles. The van der Waals surface area contributed by atoms with Crippen LogP contribution in [0.3, 0.4) is 0 Å². The number of rotatable bonds is 2. The van der Waals surface area contributed by atoms with Crippen LogP contribution in [0.4, 0.5) is 10.2 Å². The highest BCUT2D eigenvalue weighted by atomic mass is 32.2. The zero-order valence-corrected chi connectivity index (χ0v) is 14.4. The number of nitrogens with one attached hydrogen (secondary N) is 1. The molecule has 0 saturated carbocycles. The average molecular weight is 353 g/mol. The van der Waals surface area contributed by atoms with E-state index in [0.717, 1.165) is 22.5 Å². The summed E-state index contributed by atoms with van der Waals surface area (Å²) in [5.41, 5.74) is 3.45. The van der Waals surface area contributed by atoms with Gasteiger partial charge in [0, 0.05) is 5.56 Å². The van der Waals surface area contributed by atoms with Crippen molar-refractivity contribution < 1.29 is 9.18 Å². The van der Waals surface area contributed by atoms with Gasteiger partial charge in [-0.3, -0.25) is 4.79 Å². The van der Waals surface area contributed by atoms with Crippen molar-refractivity contribution in [3.8, 4) is 5.69 Å². The number of thioether (sulfide) groups is 1. The minimum Gasteiger partial charge on any atom is -0.310 e. The molecule has 6 heteroatoms. The van der Waals surface area contributed by atoms with Crippen LogP contribution < -0.4 is 5.32 Å². The number of amides is 1. The van der Waals surface area contributed by atoms with E-state index in [1.165, 1.54) is 23.9 Å². The van der Waals surface area contributed by atoms with E-state index in [4.69, 9.17) is 0 Å². The standard InChI is InChI=1S/C19H16FN3OS/c1-12-17-18(13-6-5-7-14(20)10-13)25-11-16(24)21-19(17)23(22-12)15-8-3-2-4-9-15/h2-10,18H,11H2,1H3,(H,21,24)/t18-/m0/s1. The molecule has 0 aliphatic carbocycles. The Morgan fingerprint density at radius 3 is 2.76 bits per heavy atom. The summed E-state index contributed by atoms with van der Waals surface area (Å²) in [6, 6.07) is 16.2. The Balaban J connectivity index is 1.90. The fourth-order valence-corrected chi connectivity index (χ4v) is 4.25. The van der Waals surface area contributed by atoms with Crippen LogP contribution in [0.5, 0.6) is 0 Å². The van der Waals surface area contributed by atoms with Gasteiger partial charge in [-0.15, -0.1) is 11.8 Å². The van der Waals surface area contributed by atoms with Crippen molar-refractivity contribution in [2.45, 2.75) is 12.2 Å². The summed E-state index contributed by atoms with van der Waals surface area (Å²) in [5.74, 6) is 0.607. The molecule has 1 aromatic heterocycles. The van der Waals surface area contributed by atoms with Gasteiger partial charge in [-0.1, -0.05) is 30.3 Å². The summed E-state index contributed by atoms with van der Waals surface area (Å²) in [6.07, 6.45) is 0. The Hall–Kier alpha value is -2.60. The van der Waals surface area contributed by atoms with Crippen LogP contribution in [-0.4, -0.2) is 21.4 Å². The molecule has 0 unspecified atom stereocenters. The van der Waals surface area contributed by atoms with Gasteiger partial charge in [-0.2, -0.15) is 5.10 Å². The van der Waals surface area contributed by atoms with Gasteiger partial charge in [-0.25, -0.2) is 9.07 Å². The molecule has 1 N–H and O–H groups in total. The van der Waals surface area contributed by atoms with Gasteiger partial charge < -0.3 is 5.32 Å². The Kier molecular flexibility index (Phi) is 4.05. The number of fused-ring (bicyclic) bond motifs is 1. The second-order valence-electron chi connectivity index (χ2n) is 5.89. The zero-order chi connectivity index (χ0) is 17.4. The van der Waals surface area contributed by atoms with Gasteiger partial charge in [0.25, 0.3) is 0 Å². The smallest absolute Gasteiger partial charge is 0.235 e. The van der Waals surface area contributed by atoms with Crippen molar-refractivity contribution in [1.29, 1.82) is 0 Å². The number of aromatic nitrogens is 2. The largest absolute Gasteiger partial charge is 0.310 e. The van der Waals surface area contributed by atoms with Crippen LogP contribution in [0.25, 0.3) is 5.69 Å². The topological polar surface area (TPSA) is 46.9 Å². The summed E-state index contributed by atoms with van der Waals surface area (Å²) in [5, 5.41) is 7.45. The maximum absolute atomic E-state index is 13.7. The summed E-state index contributed by atoms with van der Waals surface area (Å²) < 4.78 is 15.5. The van der Waals surface area contributed by atoms with Gasteiger partial charge in [0.05, 0.1) is 22.4 Å². The number of benzene rings is 2. The number of hydrogen-bond donors (Lipinski definition) is 1. The molecular weight excluding hydrogens is 337 g/mol. The fourth-order valence-electron chi connectivity index (χ4n) is 3.07. The molecular formula is C19H16FN3OS. The lowest BCUT2D eigenvalue weighted by Crippen LogP contribution is -2.15. The number of hydrogen-bond acceptors (Lipinski definition) is 3. The van der Waals surface area contributed by atoms with Crippen molar-refractivity contribution in [2.75, 3.05) is 11.1 Å². The van der Waals surface area contributed by atoms with Crippen molar-refractivity contribution in [2.24, 2.45) is 0 Å². The third-order valence-electron chi connectivity index (χ3n) is 4.16. The molecule has 1 atom stereocenters. The molecule has 1 amide bonds. The predicted molar refractivity (Wildman–Crippen MR) is 97.6 cm³/mol. The number of halogens is 1. The summed E-state index contributed by atoms with van der Waals surface area (Å²) in [7, 11) is 0. The molecule has 0 saturated heterocycles. The first kappa shape index (κ1) is 15.9. The monoisotopic (exact) mass is 353 g/mol. The molecule has 4 rings (SSSR count). The van der Waals surface area contributed by atoms with Gasteiger partial charge in [0.2, 0.25) is 5.91 Å². The van der Waals surface area contributed by atoms with E-state index in [9.17, 15) is 9.18 Å². The number of para-hydroxylation sites is 1. The maximum atomic E-state index is 13.7. The molecule has 126 valence electrons. The third kappa shape index (κ3) is 2.93. The van der Waals surface area contributed by atoms with Crippen LogP contribution in [0.15, 0.2) is 54.6 Å². The molecule has 1 aliphatic rings. The lowest BCUT2D eigenvalue weighted by molar-refractivity contribution is -0.113. The lowest BCUT2D eigenvalue weighted by Gasteiger charge is -2.15. The Bertz CT molecular complexity index is 939. The van der Waals surface area contributed by atoms with E-state index < -0.39 is 0 Å². The van der Waals surface area contributed by atoms with E-state index in [1.54, 1.807) is 10.7 Å². The quantitative estimate of drug-likeness (QED) is 0.755. The Morgan fingerprint density at radius 1 is 1.20 bits per heavy atom. The number of anilines is 1. The van der Waals surface area contributed by atoms with Crippen LogP contribution in [-0.2, 0) is 4.79 Å². The highest BCUT2D eigenvalue weighted by molar-refractivity contribution is 8.00. The molecule has 0 spiro atoms. The molecule has 4 nitrogen and oxygen atoms in total. The van der Waals surface area contributed by atoms with Crippen molar-refractivity contribution in [3.05, 3.63) is 77.2 Å². The molecule has 0 radical (unpaired) electrons. The first-order valence-corrected chi connectivity index (χ1v) is 9.00. The first-order valence-electron chi connectivity index (χ1n) is 7.95. The summed E-state index contributed by atoms with van der Waals surface area (Å²) in [4.78, 5) is 12.2. The van der Waals surface area contributed by atoms with E-state index in [-0.39, 0.29) is 17.0 Å². The van der Waals surface area contributed by atoms with Crippen LogP contribution in [0.1, 0.15) is 22.1 Å².